The lowest BCUT2D eigenvalue weighted by Crippen LogP contribution is -2.22. The fourth-order valence-corrected chi connectivity index (χ4v) is 0.772. The van der Waals surface area contributed by atoms with Gasteiger partial charge >= 0.3 is 11.9 Å². The van der Waals surface area contributed by atoms with E-state index in [1.165, 1.54) is 12.4 Å². The summed E-state index contributed by atoms with van der Waals surface area (Å²) in [5.74, 6) is -2.54. The molecule has 0 aliphatic rings. The van der Waals surface area contributed by atoms with Crippen LogP contribution in [-0.4, -0.2) is 27.0 Å². The molecule has 0 radical (unpaired) electrons. The van der Waals surface area contributed by atoms with E-state index in [4.69, 9.17) is 5.11 Å². The predicted octanol–water partition coefficient (Wildman–Crippen LogP) is 0.0621. The number of nitrogens with one attached hydrogen (secondary N) is 1. The molecule has 1 aromatic heterocycles. The third-order valence-electron chi connectivity index (χ3n) is 1.50. The molecule has 0 fully saturated rings. The maximum atomic E-state index is 10.7. The predicted molar refractivity (Wildman–Crippen MR) is 47.7 cm³/mol. The van der Waals surface area contributed by atoms with E-state index < -0.39 is 11.9 Å². The smallest absolute Gasteiger partial charge is 0.394 e. The Hall–Kier alpha value is -1.98. The van der Waals surface area contributed by atoms with Crippen LogP contribution < -0.4 is 5.32 Å². The second kappa shape index (κ2) is 4.31. The molecule has 1 rings (SSSR count). The lowest BCUT2D eigenvalue weighted by Gasteiger charge is -2.00. The molecule has 0 unspecified atom stereocenters. The first-order valence-electron chi connectivity index (χ1n) is 3.98. The molecule has 0 aromatic carbocycles. The molecule has 14 heavy (non-hydrogen) atoms. The normalized spacial score (nSPS) is 9.50. The van der Waals surface area contributed by atoms with E-state index in [9.17, 15) is 9.59 Å². The molecule has 0 aliphatic carbocycles. The second-order valence-corrected chi connectivity index (χ2v) is 2.51. The molecule has 0 saturated carbocycles. The number of aromatic nitrogens is 2. The Kier molecular flexibility index (Phi) is 3.11. The van der Waals surface area contributed by atoms with Crippen LogP contribution in [0.5, 0.6) is 0 Å². The fourth-order valence-electron chi connectivity index (χ4n) is 0.772. The highest BCUT2D eigenvalue weighted by Crippen LogP contribution is 2.00. The van der Waals surface area contributed by atoms with Gasteiger partial charge in [-0.25, -0.2) is 9.78 Å². The van der Waals surface area contributed by atoms with E-state index in [2.05, 4.69) is 15.3 Å². The average molecular weight is 195 g/mol. The summed E-state index contributed by atoms with van der Waals surface area (Å²) in [6.45, 7) is 1.92. The number of hydrogen-bond acceptors (Lipinski definition) is 4. The molecule has 0 atom stereocenters. The van der Waals surface area contributed by atoms with Crippen LogP contribution in [0.4, 0.5) is 5.82 Å². The number of carboxylic acids is 1. The first-order chi connectivity index (χ1) is 6.63. The summed E-state index contributed by atoms with van der Waals surface area (Å²) in [7, 11) is 0. The Morgan fingerprint density at radius 1 is 1.43 bits per heavy atom. The average Bonchev–Trinajstić information content (AvgIpc) is 2.19. The number of amides is 1. The highest BCUT2D eigenvalue weighted by Gasteiger charge is 2.11. The van der Waals surface area contributed by atoms with Gasteiger partial charge in [0.05, 0.1) is 18.1 Å². The van der Waals surface area contributed by atoms with Crippen molar-refractivity contribution < 1.29 is 14.7 Å². The molecule has 0 spiro atoms. The molecule has 6 heteroatoms. The van der Waals surface area contributed by atoms with Gasteiger partial charge in [-0.2, -0.15) is 0 Å². The van der Waals surface area contributed by atoms with E-state index in [0.717, 1.165) is 12.1 Å². The fraction of sp³-hybridized carbons (Fsp3) is 0.250. The van der Waals surface area contributed by atoms with E-state index in [1.54, 1.807) is 0 Å². The summed E-state index contributed by atoms with van der Waals surface area (Å²) >= 11 is 0. The zero-order valence-corrected chi connectivity index (χ0v) is 7.52. The van der Waals surface area contributed by atoms with Crippen molar-refractivity contribution in [3.63, 3.8) is 0 Å². The van der Waals surface area contributed by atoms with Crippen LogP contribution in [0.3, 0.4) is 0 Å². The van der Waals surface area contributed by atoms with E-state index >= 15 is 0 Å². The minimum Gasteiger partial charge on any atom is -0.474 e. The van der Waals surface area contributed by atoms with Crippen molar-refractivity contribution in [3.8, 4) is 0 Å². The van der Waals surface area contributed by atoms with Crippen molar-refractivity contribution in [1.29, 1.82) is 0 Å². The van der Waals surface area contributed by atoms with E-state index in [1.807, 2.05) is 6.92 Å². The number of anilines is 1. The number of carbonyl (C=O) groups is 2. The van der Waals surface area contributed by atoms with Crippen LogP contribution in [0.1, 0.15) is 12.6 Å². The lowest BCUT2D eigenvalue weighted by atomic mass is 10.3. The summed E-state index contributed by atoms with van der Waals surface area (Å²) in [4.78, 5) is 28.6. The van der Waals surface area contributed by atoms with Crippen molar-refractivity contribution in [1.82, 2.24) is 9.97 Å². The van der Waals surface area contributed by atoms with Crippen LogP contribution in [0.25, 0.3) is 0 Å². The number of hydrogen-bond donors (Lipinski definition) is 2. The number of nitrogens with zero attached hydrogens (tertiary/aromatic N) is 2. The summed E-state index contributed by atoms with van der Waals surface area (Å²) in [6, 6.07) is 0. The van der Waals surface area contributed by atoms with Gasteiger partial charge in [0.2, 0.25) is 0 Å². The van der Waals surface area contributed by atoms with Crippen LogP contribution in [0.2, 0.25) is 0 Å². The molecule has 6 nitrogen and oxygen atoms in total. The highest BCUT2D eigenvalue weighted by molar-refractivity contribution is 6.36. The van der Waals surface area contributed by atoms with Gasteiger partial charge in [0.25, 0.3) is 0 Å². The summed E-state index contributed by atoms with van der Waals surface area (Å²) < 4.78 is 0. The van der Waals surface area contributed by atoms with E-state index in [-0.39, 0.29) is 5.82 Å². The van der Waals surface area contributed by atoms with Crippen LogP contribution in [-0.2, 0) is 16.0 Å². The molecule has 2 N–H and O–H groups in total. The van der Waals surface area contributed by atoms with Gasteiger partial charge < -0.3 is 5.11 Å². The quantitative estimate of drug-likeness (QED) is 0.651. The molecule has 0 aliphatic heterocycles. The summed E-state index contributed by atoms with van der Waals surface area (Å²) in [5.41, 5.74) is 0.776. The van der Waals surface area contributed by atoms with Gasteiger partial charge in [-0.1, -0.05) is 6.92 Å². The Balaban J connectivity index is 2.69. The second-order valence-electron chi connectivity index (χ2n) is 2.51. The molecule has 0 bridgehead atoms. The minimum absolute atomic E-state index is 0.134. The van der Waals surface area contributed by atoms with Gasteiger partial charge in [-0.3, -0.25) is 15.1 Å². The lowest BCUT2D eigenvalue weighted by molar-refractivity contribution is -0.147. The molecule has 74 valence electrons. The zero-order valence-electron chi connectivity index (χ0n) is 7.52. The van der Waals surface area contributed by atoms with Crippen LogP contribution in [0, 0.1) is 0 Å². The zero-order chi connectivity index (χ0) is 10.6. The third-order valence-corrected chi connectivity index (χ3v) is 1.50. The van der Waals surface area contributed by atoms with Gasteiger partial charge in [-0.05, 0) is 6.42 Å². The third kappa shape index (κ3) is 2.51. The van der Waals surface area contributed by atoms with Gasteiger partial charge in [0, 0.05) is 0 Å². The monoisotopic (exact) mass is 195 g/mol. The number of carbonyl (C=O) groups excluding carboxylic acids is 1. The van der Waals surface area contributed by atoms with Crippen molar-refractivity contribution in [2.45, 2.75) is 13.3 Å². The SMILES string of the molecule is CCc1cnc(NC(=O)C(=O)O)cn1. The molecule has 1 amide bonds. The van der Waals surface area contributed by atoms with Gasteiger partial charge in [0.15, 0.2) is 5.82 Å². The molecular weight excluding hydrogens is 186 g/mol. The van der Waals surface area contributed by atoms with E-state index in [0.29, 0.717) is 0 Å². The van der Waals surface area contributed by atoms with Crippen molar-refractivity contribution in [3.05, 3.63) is 18.1 Å². The Morgan fingerprint density at radius 3 is 2.57 bits per heavy atom. The van der Waals surface area contributed by atoms with Gasteiger partial charge in [-0.15, -0.1) is 0 Å². The standard InChI is InChI=1S/C8H9N3O3/c1-2-5-3-10-6(4-9-5)11-7(12)8(13)14/h3-4H,2H2,1H3,(H,13,14)(H,10,11,12). The maximum absolute atomic E-state index is 10.7. The summed E-state index contributed by atoms with van der Waals surface area (Å²) in [5, 5.41) is 10.4. The first-order valence-corrected chi connectivity index (χ1v) is 3.98. The van der Waals surface area contributed by atoms with Gasteiger partial charge in [0.1, 0.15) is 0 Å². The van der Waals surface area contributed by atoms with Crippen LogP contribution in [0.15, 0.2) is 12.4 Å². The molecular formula is C8H9N3O3. The summed E-state index contributed by atoms with van der Waals surface area (Å²) in [6.07, 6.45) is 3.54. The largest absolute Gasteiger partial charge is 0.474 e. The van der Waals surface area contributed by atoms with Crippen molar-refractivity contribution in [2.24, 2.45) is 0 Å². The number of aliphatic carboxylic acids is 1. The minimum atomic E-state index is -1.55. The molecule has 0 saturated heterocycles. The number of carboxylic acid groups (broad SMARTS) is 1. The Labute approximate surface area is 80.0 Å². The number of rotatable bonds is 2. The Morgan fingerprint density at radius 2 is 2.14 bits per heavy atom. The van der Waals surface area contributed by atoms with Crippen molar-refractivity contribution >= 4 is 17.7 Å². The first kappa shape index (κ1) is 10.1. The molecule has 1 heterocycles. The maximum Gasteiger partial charge on any atom is 0.394 e. The van der Waals surface area contributed by atoms with Crippen LogP contribution >= 0.6 is 0 Å². The highest BCUT2D eigenvalue weighted by atomic mass is 16.4. The Bertz CT molecular complexity index is 347. The number of aryl methyl sites for hydroxylation is 1. The topological polar surface area (TPSA) is 92.2 Å². The molecule has 1 aromatic rings. The van der Waals surface area contributed by atoms with Crippen molar-refractivity contribution in [2.75, 3.05) is 5.32 Å².